The van der Waals surface area contributed by atoms with Crippen molar-refractivity contribution in [2.45, 2.75) is 13.5 Å². The van der Waals surface area contributed by atoms with E-state index < -0.39 is 6.61 Å². The highest BCUT2D eigenvalue weighted by Crippen LogP contribution is 2.24. The van der Waals surface area contributed by atoms with Crippen LogP contribution in [0.15, 0.2) is 54.6 Å². The van der Waals surface area contributed by atoms with Gasteiger partial charge in [0, 0.05) is 12.2 Å². The number of hydrogen-bond donors (Lipinski definition) is 0. The summed E-state index contributed by atoms with van der Waals surface area (Å²) in [5.41, 5.74) is 0.820. The average Bonchev–Trinajstić information content (AvgIpc) is 2.49. The zero-order chi connectivity index (χ0) is 15.2. The van der Waals surface area contributed by atoms with Crippen LogP contribution in [0.5, 0.6) is 5.75 Å². The van der Waals surface area contributed by atoms with Gasteiger partial charge in [-0.15, -0.1) is 0 Å². The van der Waals surface area contributed by atoms with E-state index in [-0.39, 0.29) is 17.2 Å². The van der Waals surface area contributed by atoms with Gasteiger partial charge >= 0.3 is 6.61 Å². The Kier molecular flexibility index (Phi) is 4.87. The van der Waals surface area contributed by atoms with Gasteiger partial charge < -0.3 is 9.64 Å². The van der Waals surface area contributed by atoms with Crippen molar-refractivity contribution < 1.29 is 18.3 Å². The number of para-hydroxylation sites is 2. The summed E-state index contributed by atoms with van der Waals surface area (Å²) in [4.78, 5) is 14.1. The number of nitrogens with zero attached hydrogens (tertiary/aromatic N) is 1. The molecule has 0 saturated heterocycles. The van der Waals surface area contributed by atoms with E-state index in [0.29, 0.717) is 12.2 Å². The number of amides is 1. The highest BCUT2D eigenvalue weighted by Gasteiger charge is 2.21. The van der Waals surface area contributed by atoms with Crippen LogP contribution < -0.4 is 9.64 Å². The molecule has 0 unspecified atom stereocenters. The molecule has 5 heteroatoms. The number of alkyl halides is 2. The van der Waals surface area contributed by atoms with Gasteiger partial charge in [0.15, 0.2) is 0 Å². The SMILES string of the molecule is CCN(C(=O)c1ccccc1OC(F)F)c1ccccc1. The number of carbonyl (C=O) groups is 1. The lowest BCUT2D eigenvalue weighted by Gasteiger charge is -2.22. The average molecular weight is 291 g/mol. The van der Waals surface area contributed by atoms with Gasteiger partial charge in [-0.05, 0) is 31.2 Å². The van der Waals surface area contributed by atoms with Crippen molar-refractivity contribution in [1.29, 1.82) is 0 Å². The minimum Gasteiger partial charge on any atom is -0.434 e. The van der Waals surface area contributed by atoms with Crippen molar-refractivity contribution in [2.24, 2.45) is 0 Å². The number of benzene rings is 2. The first-order valence-electron chi connectivity index (χ1n) is 6.54. The molecule has 0 aliphatic heterocycles. The quantitative estimate of drug-likeness (QED) is 0.834. The molecule has 0 fully saturated rings. The molecular formula is C16H15F2NO2. The molecule has 2 rings (SSSR count). The van der Waals surface area contributed by atoms with Crippen molar-refractivity contribution in [3.8, 4) is 5.75 Å². The Morgan fingerprint density at radius 3 is 2.33 bits per heavy atom. The van der Waals surface area contributed by atoms with Crippen LogP contribution >= 0.6 is 0 Å². The third kappa shape index (κ3) is 3.56. The predicted octanol–water partition coefficient (Wildman–Crippen LogP) is 3.95. The molecule has 0 radical (unpaired) electrons. The van der Waals surface area contributed by atoms with Crippen LogP contribution in [0.4, 0.5) is 14.5 Å². The summed E-state index contributed by atoms with van der Waals surface area (Å²) in [6.07, 6.45) is 0. The zero-order valence-electron chi connectivity index (χ0n) is 11.5. The standard InChI is InChI=1S/C16H15F2NO2/c1-2-19(12-8-4-3-5-9-12)15(20)13-10-6-7-11-14(13)21-16(17)18/h3-11,16H,2H2,1H3. The van der Waals surface area contributed by atoms with Gasteiger partial charge in [-0.25, -0.2) is 0 Å². The topological polar surface area (TPSA) is 29.5 Å². The first kappa shape index (κ1) is 15.0. The maximum atomic E-state index is 12.6. The van der Waals surface area contributed by atoms with Crippen LogP contribution in [0.25, 0.3) is 0 Å². The predicted molar refractivity (Wildman–Crippen MR) is 76.9 cm³/mol. The number of ether oxygens (including phenoxy) is 1. The molecule has 0 saturated carbocycles. The van der Waals surface area contributed by atoms with E-state index in [2.05, 4.69) is 4.74 Å². The lowest BCUT2D eigenvalue weighted by molar-refractivity contribution is -0.0501. The monoisotopic (exact) mass is 291 g/mol. The van der Waals surface area contributed by atoms with Crippen LogP contribution in [0.2, 0.25) is 0 Å². The molecule has 1 amide bonds. The van der Waals surface area contributed by atoms with Crippen LogP contribution in [0.1, 0.15) is 17.3 Å². The Morgan fingerprint density at radius 1 is 1.10 bits per heavy atom. The van der Waals surface area contributed by atoms with E-state index in [1.54, 1.807) is 24.3 Å². The molecule has 0 N–H and O–H groups in total. The molecule has 2 aromatic carbocycles. The summed E-state index contributed by atoms with van der Waals surface area (Å²) in [5, 5.41) is 0. The summed E-state index contributed by atoms with van der Waals surface area (Å²) in [6.45, 7) is -0.724. The number of hydrogen-bond acceptors (Lipinski definition) is 2. The van der Waals surface area contributed by atoms with Gasteiger partial charge in [0.05, 0.1) is 5.56 Å². The first-order valence-corrected chi connectivity index (χ1v) is 6.54. The van der Waals surface area contributed by atoms with E-state index in [0.717, 1.165) is 0 Å². The lowest BCUT2D eigenvalue weighted by atomic mass is 10.1. The summed E-state index contributed by atoms with van der Waals surface area (Å²) >= 11 is 0. The zero-order valence-corrected chi connectivity index (χ0v) is 11.5. The van der Waals surface area contributed by atoms with E-state index in [1.165, 1.54) is 17.0 Å². The second-order valence-corrected chi connectivity index (χ2v) is 4.26. The second-order valence-electron chi connectivity index (χ2n) is 4.26. The molecule has 0 atom stereocenters. The van der Waals surface area contributed by atoms with E-state index in [1.807, 2.05) is 25.1 Å². The molecule has 21 heavy (non-hydrogen) atoms. The molecule has 0 aromatic heterocycles. The van der Waals surface area contributed by atoms with Crippen LogP contribution in [-0.4, -0.2) is 19.1 Å². The summed E-state index contributed by atoms with van der Waals surface area (Å²) in [5.74, 6) is -0.494. The highest BCUT2D eigenvalue weighted by atomic mass is 19.3. The van der Waals surface area contributed by atoms with Crippen molar-refractivity contribution in [1.82, 2.24) is 0 Å². The Morgan fingerprint density at radius 2 is 1.71 bits per heavy atom. The van der Waals surface area contributed by atoms with Gasteiger partial charge in [-0.1, -0.05) is 30.3 Å². The molecule has 0 aliphatic carbocycles. The summed E-state index contributed by atoms with van der Waals surface area (Å²) < 4.78 is 29.3. The first-order chi connectivity index (χ1) is 10.1. The smallest absolute Gasteiger partial charge is 0.387 e. The molecule has 0 bridgehead atoms. The largest absolute Gasteiger partial charge is 0.434 e. The van der Waals surface area contributed by atoms with Crippen molar-refractivity contribution in [3.05, 3.63) is 60.2 Å². The van der Waals surface area contributed by atoms with E-state index in [9.17, 15) is 13.6 Å². The molecule has 0 spiro atoms. The van der Waals surface area contributed by atoms with E-state index in [4.69, 9.17) is 0 Å². The Balaban J connectivity index is 2.34. The normalized spacial score (nSPS) is 10.5. The Hall–Kier alpha value is -2.43. The lowest BCUT2D eigenvalue weighted by Crippen LogP contribution is -2.31. The third-order valence-corrected chi connectivity index (χ3v) is 2.96. The van der Waals surface area contributed by atoms with Gasteiger partial charge in [-0.2, -0.15) is 8.78 Å². The van der Waals surface area contributed by atoms with Crippen LogP contribution in [0.3, 0.4) is 0 Å². The van der Waals surface area contributed by atoms with Gasteiger partial charge in [-0.3, -0.25) is 4.79 Å². The number of anilines is 1. The van der Waals surface area contributed by atoms with Gasteiger partial charge in [0.2, 0.25) is 0 Å². The van der Waals surface area contributed by atoms with E-state index >= 15 is 0 Å². The number of rotatable bonds is 5. The van der Waals surface area contributed by atoms with Crippen molar-refractivity contribution in [2.75, 3.05) is 11.4 Å². The molecule has 2 aromatic rings. The maximum Gasteiger partial charge on any atom is 0.387 e. The fraction of sp³-hybridized carbons (Fsp3) is 0.188. The minimum absolute atomic E-state index is 0.114. The molecule has 0 heterocycles. The molecule has 110 valence electrons. The number of carbonyl (C=O) groups excluding carboxylic acids is 1. The van der Waals surface area contributed by atoms with Gasteiger partial charge in [0.1, 0.15) is 5.75 Å². The summed E-state index contributed by atoms with van der Waals surface area (Å²) in [6, 6.07) is 15.0. The molecular weight excluding hydrogens is 276 g/mol. The van der Waals surface area contributed by atoms with Gasteiger partial charge in [0.25, 0.3) is 5.91 Å². The third-order valence-electron chi connectivity index (χ3n) is 2.96. The van der Waals surface area contributed by atoms with Crippen LogP contribution in [-0.2, 0) is 0 Å². The second kappa shape index (κ2) is 6.83. The summed E-state index contributed by atoms with van der Waals surface area (Å²) in [7, 11) is 0. The fourth-order valence-corrected chi connectivity index (χ4v) is 2.04. The minimum atomic E-state index is -2.97. The fourth-order valence-electron chi connectivity index (χ4n) is 2.04. The molecule has 3 nitrogen and oxygen atoms in total. The number of halogens is 2. The van der Waals surface area contributed by atoms with Crippen molar-refractivity contribution in [3.63, 3.8) is 0 Å². The Labute approximate surface area is 121 Å². The maximum absolute atomic E-state index is 12.6. The van der Waals surface area contributed by atoms with Crippen LogP contribution in [0, 0.1) is 0 Å². The molecule has 0 aliphatic rings. The van der Waals surface area contributed by atoms with Crippen molar-refractivity contribution >= 4 is 11.6 Å². The highest BCUT2D eigenvalue weighted by molar-refractivity contribution is 6.07. The Bertz CT molecular complexity index is 602.